The van der Waals surface area contributed by atoms with Crippen LogP contribution in [0.25, 0.3) is 0 Å². The summed E-state index contributed by atoms with van der Waals surface area (Å²) in [7, 11) is 0. The summed E-state index contributed by atoms with van der Waals surface area (Å²) in [6, 6.07) is 13.8. The van der Waals surface area contributed by atoms with Crippen molar-refractivity contribution in [3.63, 3.8) is 0 Å². The molecule has 0 unspecified atom stereocenters. The molecule has 2 aliphatic rings. The maximum absolute atomic E-state index is 13.4. The summed E-state index contributed by atoms with van der Waals surface area (Å²) in [5.74, 6) is -0.0977. The Labute approximate surface area is 215 Å². The van der Waals surface area contributed by atoms with Gasteiger partial charge in [0.25, 0.3) is 0 Å². The molecule has 4 rings (SSSR count). The normalized spacial score (nSPS) is 25.9. The van der Waals surface area contributed by atoms with Crippen LogP contribution in [0.15, 0.2) is 53.5 Å². The van der Waals surface area contributed by atoms with Crippen molar-refractivity contribution in [2.24, 2.45) is 4.99 Å². The van der Waals surface area contributed by atoms with Crippen LogP contribution in [0.1, 0.15) is 61.5 Å². The van der Waals surface area contributed by atoms with Crippen LogP contribution in [-0.4, -0.2) is 53.6 Å². The summed E-state index contributed by atoms with van der Waals surface area (Å²) in [5, 5.41) is 13.9. The summed E-state index contributed by atoms with van der Waals surface area (Å²) in [6.07, 6.45) is -2.47. The van der Waals surface area contributed by atoms with E-state index in [9.17, 15) is 23.1 Å². The molecular weight excluding hydrogens is 483 g/mol. The molecule has 37 heavy (non-hydrogen) atoms. The van der Waals surface area contributed by atoms with Gasteiger partial charge in [0.1, 0.15) is 6.54 Å². The number of carbonyl (C=O) groups excluding carboxylic acids is 1. The lowest BCUT2D eigenvalue weighted by molar-refractivity contribution is -0.137. The Hall–Kier alpha value is -2.75. The highest BCUT2D eigenvalue weighted by atomic mass is 19.4. The van der Waals surface area contributed by atoms with Crippen molar-refractivity contribution in [1.29, 1.82) is 0 Å². The molecule has 2 N–H and O–H groups in total. The van der Waals surface area contributed by atoms with Gasteiger partial charge in [-0.05, 0) is 63.3 Å². The highest BCUT2D eigenvalue weighted by molar-refractivity contribution is 5.95. The second-order valence-corrected chi connectivity index (χ2v) is 10.4. The third-order valence-electron chi connectivity index (χ3n) is 7.45. The minimum Gasteiger partial charge on any atom is -0.393 e. The van der Waals surface area contributed by atoms with Crippen LogP contribution in [0, 0.1) is 6.92 Å². The monoisotopic (exact) mass is 517 g/mol. The third-order valence-corrected chi connectivity index (χ3v) is 7.45. The molecule has 0 radical (unpaired) electrons. The molecule has 9 heteroatoms. The van der Waals surface area contributed by atoms with Gasteiger partial charge < -0.3 is 15.2 Å². The number of halogens is 3. The first-order chi connectivity index (χ1) is 17.4. The zero-order chi connectivity index (χ0) is 26.8. The van der Waals surface area contributed by atoms with Crippen LogP contribution in [0.5, 0.6) is 0 Å². The highest BCUT2D eigenvalue weighted by Crippen LogP contribution is 2.40. The fourth-order valence-electron chi connectivity index (χ4n) is 5.50. The van der Waals surface area contributed by atoms with Gasteiger partial charge in [-0.15, -0.1) is 0 Å². The molecule has 2 aliphatic heterocycles. The molecule has 2 heterocycles. The Morgan fingerprint density at radius 3 is 2.46 bits per heavy atom. The predicted molar refractivity (Wildman–Crippen MR) is 135 cm³/mol. The fraction of sp³-hybridized carbons (Fsp3) is 0.500. The van der Waals surface area contributed by atoms with E-state index in [4.69, 9.17) is 4.74 Å². The number of carbonyl (C=O) groups is 1. The van der Waals surface area contributed by atoms with Crippen molar-refractivity contribution < 1.29 is 27.8 Å². The van der Waals surface area contributed by atoms with Crippen LogP contribution in [-0.2, 0) is 21.2 Å². The third kappa shape index (κ3) is 5.89. The van der Waals surface area contributed by atoms with E-state index in [0.717, 1.165) is 17.7 Å². The van der Waals surface area contributed by atoms with Gasteiger partial charge in [-0.3, -0.25) is 14.7 Å². The number of aliphatic hydroxyl groups is 1. The number of aryl methyl sites for hydroxylation is 1. The van der Waals surface area contributed by atoms with Crippen molar-refractivity contribution in [2.45, 2.75) is 69.5 Å². The Balaban J connectivity index is 1.58. The van der Waals surface area contributed by atoms with Crippen LogP contribution in [0.4, 0.5) is 13.2 Å². The van der Waals surface area contributed by atoms with Gasteiger partial charge in [-0.25, -0.2) is 0 Å². The molecular formula is C28H34F3N3O3. The first kappa shape index (κ1) is 27.3. The zero-order valence-electron chi connectivity index (χ0n) is 21.4. The number of nitrogens with one attached hydrogen (secondary N) is 1. The average Bonchev–Trinajstić information content (AvgIpc) is 3.29. The Bertz CT molecular complexity index is 1130. The Morgan fingerprint density at radius 2 is 1.89 bits per heavy atom. The highest BCUT2D eigenvalue weighted by Gasteiger charge is 2.49. The van der Waals surface area contributed by atoms with E-state index in [2.05, 4.69) is 10.3 Å². The SMILES string of the molecule is Cc1cc([C@@H](C)OC[C@@]2(c3ccccc3)CC[C@](C[C@@H](C)O)(N3C=NCC3=O)CN2)cc(C(F)(F)F)c1. The quantitative estimate of drug-likeness (QED) is 0.530. The van der Waals surface area contributed by atoms with E-state index in [1.54, 1.807) is 38.1 Å². The number of aliphatic imine (C=N–C) groups is 1. The molecule has 0 bridgehead atoms. The standard InChI is InChI=1S/C28H34F3N3O3/c1-19-11-22(13-24(12-19)28(29,30)31)21(3)37-17-27(23-7-5-4-6-8-23)10-9-26(16-33-27,14-20(2)35)34-18-32-15-25(34)36/h4-8,11-13,18,20-21,33,35H,9-10,14-17H2,1-3H3/t20-,21-,26-,27-/m1/s1. The lowest BCUT2D eigenvalue weighted by atomic mass is 9.73. The second kappa shape index (κ2) is 10.6. The molecule has 0 aliphatic carbocycles. The Kier molecular flexibility index (Phi) is 7.78. The van der Waals surface area contributed by atoms with E-state index >= 15 is 0 Å². The summed E-state index contributed by atoms with van der Waals surface area (Å²) in [5.41, 5.74) is 0.0462. The van der Waals surface area contributed by atoms with Crippen molar-refractivity contribution in [1.82, 2.24) is 10.2 Å². The second-order valence-electron chi connectivity index (χ2n) is 10.4. The number of piperidine rings is 1. The number of benzene rings is 2. The number of nitrogens with zero attached hydrogens (tertiary/aromatic N) is 2. The molecule has 4 atom stereocenters. The van der Waals surface area contributed by atoms with Gasteiger partial charge in [0.05, 0.1) is 41.8 Å². The van der Waals surface area contributed by atoms with E-state index in [1.807, 2.05) is 30.3 Å². The Morgan fingerprint density at radius 1 is 1.16 bits per heavy atom. The molecule has 1 fully saturated rings. The number of hydrogen-bond acceptors (Lipinski definition) is 5. The summed E-state index contributed by atoms with van der Waals surface area (Å²) < 4.78 is 46.4. The maximum atomic E-state index is 13.4. The van der Waals surface area contributed by atoms with E-state index in [-0.39, 0.29) is 19.1 Å². The van der Waals surface area contributed by atoms with E-state index in [1.165, 1.54) is 0 Å². The van der Waals surface area contributed by atoms with Crippen molar-refractivity contribution in [3.05, 3.63) is 70.8 Å². The maximum Gasteiger partial charge on any atom is 0.416 e. The fourth-order valence-corrected chi connectivity index (χ4v) is 5.50. The first-order valence-corrected chi connectivity index (χ1v) is 12.6. The summed E-state index contributed by atoms with van der Waals surface area (Å²) in [4.78, 5) is 18.4. The van der Waals surface area contributed by atoms with Crippen LogP contribution >= 0.6 is 0 Å². The number of hydrogen-bond donors (Lipinski definition) is 2. The van der Waals surface area contributed by atoms with Gasteiger partial charge in [-0.2, -0.15) is 13.2 Å². The number of rotatable bonds is 8. The van der Waals surface area contributed by atoms with Crippen molar-refractivity contribution >= 4 is 12.2 Å². The largest absolute Gasteiger partial charge is 0.416 e. The molecule has 1 saturated heterocycles. The van der Waals surface area contributed by atoms with Crippen molar-refractivity contribution in [3.8, 4) is 0 Å². The average molecular weight is 518 g/mol. The van der Waals surface area contributed by atoms with Gasteiger partial charge in [0.15, 0.2) is 0 Å². The van der Waals surface area contributed by atoms with E-state index < -0.39 is 35.0 Å². The molecule has 0 saturated carbocycles. The summed E-state index contributed by atoms with van der Waals surface area (Å²) >= 11 is 0. The van der Waals surface area contributed by atoms with Gasteiger partial charge in [0, 0.05) is 6.54 Å². The van der Waals surface area contributed by atoms with Crippen LogP contribution in [0.3, 0.4) is 0 Å². The van der Waals surface area contributed by atoms with Crippen LogP contribution < -0.4 is 5.32 Å². The van der Waals surface area contributed by atoms with E-state index in [0.29, 0.717) is 36.9 Å². The minimum absolute atomic E-state index is 0.0977. The molecule has 2 aromatic rings. The molecule has 2 aromatic carbocycles. The number of alkyl halides is 3. The summed E-state index contributed by atoms with van der Waals surface area (Å²) in [6.45, 7) is 5.84. The number of aliphatic hydroxyl groups excluding tert-OH is 1. The molecule has 200 valence electrons. The number of amides is 1. The smallest absolute Gasteiger partial charge is 0.393 e. The molecule has 0 aromatic heterocycles. The topological polar surface area (TPSA) is 74.2 Å². The molecule has 6 nitrogen and oxygen atoms in total. The van der Waals surface area contributed by atoms with Crippen molar-refractivity contribution in [2.75, 3.05) is 19.7 Å². The predicted octanol–water partition coefficient (Wildman–Crippen LogP) is 4.75. The first-order valence-electron chi connectivity index (χ1n) is 12.6. The van der Waals surface area contributed by atoms with Crippen LogP contribution in [0.2, 0.25) is 0 Å². The minimum atomic E-state index is -4.43. The lowest BCUT2D eigenvalue weighted by Gasteiger charge is -2.51. The molecule has 0 spiro atoms. The lowest BCUT2D eigenvalue weighted by Crippen LogP contribution is -2.65. The number of ether oxygens (including phenoxy) is 1. The zero-order valence-corrected chi connectivity index (χ0v) is 21.4. The van der Waals surface area contributed by atoms with Gasteiger partial charge in [-0.1, -0.05) is 42.0 Å². The molecule has 1 amide bonds. The van der Waals surface area contributed by atoms with Gasteiger partial charge >= 0.3 is 6.18 Å². The van der Waals surface area contributed by atoms with Gasteiger partial charge in [0.2, 0.25) is 5.91 Å².